The van der Waals surface area contributed by atoms with E-state index < -0.39 is 17.0 Å². The van der Waals surface area contributed by atoms with Crippen LogP contribution < -0.4 is 0 Å². The molecule has 98 valence electrons. The molecule has 0 aliphatic carbocycles. The zero-order valence-electron chi connectivity index (χ0n) is 9.62. The lowest BCUT2D eigenvalue weighted by Gasteiger charge is -2.46. The van der Waals surface area contributed by atoms with Crippen molar-refractivity contribution in [2.75, 3.05) is 25.5 Å². The van der Waals surface area contributed by atoms with Crippen LogP contribution in [0.3, 0.4) is 0 Å². The summed E-state index contributed by atoms with van der Waals surface area (Å²) >= 11 is -1.77. The maximum absolute atomic E-state index is 10.9. The number of carboxylic acids is 1. The molecular formula is C10H18N2O4S. The lowest BCUT2D eigenvalue weighted by molar-refractivity contribution is -0.150. The van der Waals surface area contributed by atoms with E-state index in [1.807, 2.05) is 4.90 Å². The second-order valence-corrected chi connectivity index (χ2v) is 5.58. The van der Waals surface area contributed by atoms with Crippen molar-refractivity contribution in [3.05, 3.63) is 0 Å². The molecular weight excluding hydrogens is 244 g/mol. The molecule has 2 aliphatic rings. The zero-order chi connectivity index (χ0) is 12.4. The van der Waals surface area contributed by atoms with Gasteiger partial charge in [0.25, 0.3) is 0 Å². The lowest BCUT2D eigenvalue weighted by Crippen LogP contribution is -2.59. The molecule has 7 heteroatoms. The summed E-state index contributed by atoms with van der Waals surface area (Å²) in [6.07, 6.45) is 2.53. The molecule has 6 nitrogen and oxygen atoms in total. The van der Waals surface area contributed by atoms with Gasteiger partial charge in [-0.25, -0.2) is 4.21 Å². The van der Waals surface area contributed by atoms with E-state index in [1.165, 1.54) is 0 Å². The summed E-state index contributed by atoms with van der Waals surface area (Å²) in [7, 11) is 0. The van der Waals surface area contributed by atoms with Gasteiger partial charge in [-0.2, -0.15) is 0 Å². The molecule has 2 N–H and O–H groups in total. The number of hydrogen-bond donors (Lipinski definition) is 2. The van der Waals surface area contributed by atoms with E-state index in [0.29, 0.717) is 6.04 Å². The smallest absolute Gasteiger partial charge is 0.320 e. The first kappa shape index (κ1) is 12.9. The molecule has 2 rings (SSSR count). The zero-order valence-corrected chi connectivity index (χ0v) is 10.4. The van der Waals surface area contributed by atoms with Crippen LogP contribution in [-0.4, -0.2) is 67.2 Å². The molecule has 0 radical (unpaired) electrons. The second kappa shape index (κ2) is 5.43. The molecule has 0 aromatic heterocycles. The molecule has 2 heterocycles. The monoisotopic (exact) mass is 262 g/mol. The third-order valence-electron chi connectivity index (χ3n) is 3.67. The van der Waals surface area contributed by atoms with Crippen LogP contribution >= 0.6 is 0 Å². The fourth-order valence-electron chi connectivity index (χ4n) is 2.65. The minimum absolute atomic E-state index is 0.203. The molecule has 2 atom stereocenters. The Morgan fingerprint density at radius 2 is 1.88 bits per heavy atom. The SMILES string of the molecule is O=C(O)C1CCN1C1CCN(CS(=O)O)CC1. The molecule has 2 fully saturated rings. The van der Waals surface area contributed by atoms with Gasteiger partial charge in [-0.1, -0.05) is 0 Å². The molecule has 0 bridgehead atoms. The number of hydrogen-bond acceptors (Lipinski definition) is 4. The Morgan fingerprint density at radius 3 is 2.29 bits per heavy atom. The number of piperidine rings is 1. The Balaban J connectivity index is 1.79. The highest BCUT2D eigenvalue weighted by Gasteiger charge is 2.39. The Labute approximate surface area is 103 Å². The Kier molecular flexibility index (Phi) is 4.13. The van der Waals surface area contributed by atoms with Crippen LogP contribution in [0.25, 0.3) is 0 Å². The number of carbonyl (C=O) groups is 1. The average molecular weight is 262 g/mol. The quantitative estimate of drug-likeness (QED) is 0.682. The fraction of sp³-hybridized carbons (Fsp3) is 0.900. The van der Waals surface area contributed by atoms with Gasteiger partial charge in [0.15, 0.2) is 11.1 Å². The van der Waals surface area contributed by atoms with Gasteiger partial charge in [-0.15, -0.1) is 0 Å². The van der Waals surface area contributed by atoms with E-state index in [-0.39, 0.29) is 11.9 Å². The minimum atomic E-state index is -1.77. The van der Waals surface area contributed by atoms with Crippen LogP contribution in [-0.2, 0) is 15.9 Å². The first-order chi connectivity index (χ1) is 8.08. The van der Waals surface area contributed by atoms with Crippen molar-refractivity contribution in [2.45, 2.75) is 31.3 Å². The first-order valence-corrected chi connectivity index (χ1v) is 7.14. The van der Waals surface area contributed by atoms with Crippen molar-refractivity contribution < 1.29 is 18.7 Å². The van der Waals surface area contributed by atoms with Gasteiger partial charge in [0.1, 0.15) is 11.9 Å². The van der Waals surface area contributed by atoms with Gasteiger partial charge in [-0.05, 0) is 19.3 Å². The van der Waals surface area contributed by atoms with E-state index in [0.717, 1.165) is 38.9 Å². The third kappa shape index (κ3) is 3.04. The van der Waals surface area contributed by atoms with E-state index in [9.17, 15) is 9.00 Å². The molecule has 0 spiro atoms. The predicted octanol–water partition coefficient (Wildman–Crippen LogP) is -0.211. The predicted molar refractivity (Wildman–Crippen MR) is 63.0 cm³/mol. The van der Waals surface area contributed by atoms with Crippen LogP contribution in [0, 0.1) is 0 Å². The van der Waals surface area contributed by atoms with Crippen LogP contribution in [0.1, 0.15) is 19.3 Å². The van der Waals surface area contributed by atoms with Crippen molar-refractivity contribution in [2.24, 2.45) is 0 Å². The van der Waals surface area contributed by atoms with Gasteiger partial charge in [0, 0.05) is 25.7 Å². The topological polar surface area (TPSA) is 81.1 Å². The molecule has 0 saturated carbocycles. The fourth-order valence-corrected chi connectivity index (χ4v) is 3.22. The lowest BCUT2D eigenvalue weighted by atomic mass is 9.94. The van der Waals surface area contributed by atoms with Crippen LogP contribution in [0.2, 0.25) is 0 Å². The van der Waals surface area contributed by atoms with Crippen molar-refractivity contribution in [3.63, 3.8) is 0 Å². The number of carboxylic acid groups (broad SMARTS) is 1. The largest absolute Gasteiger partial charge is 0.480 e. The maximum Gasteiger partial charge on any atom is 0.320 e. The molecule has 0 amide bonds. The highest BCUT2D eigenvalue weighted by atomic mass is 32.2. The van der Waals surface area contributed by atoms with E-state index >= 15 is 0 Å². The van der Waals surface area contributed by atoms with Gasteiger partial charge < -0.3 is 9.66 Å². The summed E-state index contributed by atoms with van der Waals surface area (Å²) < 4.78 is 19.5. The Bertz CT molecular complexity index is 317. The maximum atomic E-state index is 10.9. The number of aliphatic carboxylic acids is 1. The van der Waals surface area contributed by atoms with Gasteiger partial charge in [-0.3, -0.25) is 14.6 Å². The van der Waals surface area contributed by atoms with Gasteiger partial charge >= 0.3 is 5.97 Å². The number of rotatable bonds is 4. The molecule has 2 saturated heterocycles. The van der Waals surface area contributed by atoms with Gasteiger partial charge in [0.2, 0.25) is 0 Å². The summed E-state index contributed by atoms with van der Waals surface area (Å²) in [5.41, 5.74) is 0. The van der Waals surface area contributed by atoms with Crippen LogP contribution in [0.5, 0.6) is 0 Å². The molecule has 0 aromatic carbocycles. The van der Waals surface area contributed by atoms with E-state index in [2.05, 4.69) is 4.90 Å². The number of nitrogens with zero attached hydrogens (tertiary/aromatic N) is 2. The molecule has 17 heavy (non-hydrogen) atoms. The van der Waals surface area contributed by atoms with E-state index in [1.54, 1.807) is 0 Å². The standard InChI is InChI=1S/C10H18N2O4S/c13-10(14)9-3-6-12(9)8-1-4-11(5-2-8)7-17(15)16/h8-9H,1-7H2,(H,13,14)(H,15,16). The first-order valence-electron chi connectivity index (χ1n) is 5.86. The van der Waals surface area contributed by atoms with Crippen molar-refractivity contribution in [1.29, 1.82) is 0 Å². The highest BCUT2D eigenvalue weighted by molar-refractivity contribution is 7.79. The summed E-state index contributed by atoms with van der Waals surface area (Å²) in [5, 5.41) is 8.98. The summed E-state index contributed by atoms with van der Waals surface area (Å²) in [6.45, 7) is 2.42. The summed E-state index contributed by atoms with van der Waals surface area (Å²) in [6, 6.07) is 0.0201. The minimum Gasteiger partial charge on any atom is -0.480 e. The third-order valence-corrected chi connectivity index (χ3v) is 4.25. The normalized spacial score (nSPS) is 29.8. The Hall–Kier alpha value is -0.500. The molecule has 2 unspecified atom stereocenters. The molecule has 0 aromatic rings. The van der Waals surface area contributed by atoms with Crippen LogP contribution in [0.15, 0.2) is 0 Å². The molecule has 2 aliphatic heterocycles. The second-order valence-electron chi connectivity index (χ2n) is 4.68. The highest BCUT2D eigenvalue weighted by Crippen LogP contribution is 2.26. The van der Waals surface area contributed by atoms with Crippen LogP contribution in [0.4, 0.5) is 0 Å². The number of likely N-dealkylation sites (tertiary alicyclic amines) is 2. The van der Waals surface area contributed by atoms with Gasteiger partial charge in [0.05, 0.1) is 0 Å². The Morgan fingerprint density at radius 1 is 1.24 bits per heavy atom. The summed E-state index contributed by atoms with van der Waals surface area (Å²) in [4.78, 5) is 14.9. The van der Waals surface area contributed by atoms with E-state index in [4.69, 9.17) is 9.66 Å². The van der Waals surface area contributed by atoms with Crippen molar-refractivity contribution in [3.8, 4) is 0 Å². The average Bonchev–Trinajstić information content (AvgIpc) is 2.17. The summed E-state index contributed by atoms with van der Waals surface area (Å²) in [5.74, 6) is -0.523. The van der Waals surface area contributed by atoms with Crippen molar-refractivity contribution >= 4 is 17.0 Å². The van der Waals surface area contributed by atoms with Crippen molar-refractivity contribution in [1.82, 2.24) is 9.80 Å².